The van der Waals surface area contributed by atoms with Crippen LogP contribution in [0.4, 0.5) is 10.1 Å². The maximum atomic E-state index is 13.1. The highest BCUT2D eigenvalue weighted by atomic mass is 19.1. The number of hydrogen-bond donors (Lipinski definition) is 1. The Morgan fingerprint density at radius 1 is 1.04 bits per heavy atom. The molecule has 3 rings (SSSR count). The minimum absolute atomic E-state index is 0.188. The SMILES string of the molecule is NCCCCCC(=O)N1CCC[C@H](N2CCN(c3ccc(F)cc3)CC2)C1. The molecule has 0 spiro atoms. The molecule has 0 saturated carbocycles. The third-order valence-corrected chi connectivity index (χ3v) is 5.87. The monoisotopic (exact) mass is 376 g/mol. The Morgan fingerprint density at radius 2 is 1.78 bits per heavy atom. The van der Waals surface area contributed by atoms with Crippen LogP contribution in [-0.4, -0.2) is 67.6 Å². The Kier molecular flexibility index (Phi) is 7.47. The molecule has 2 aliphatic heterocycles. The van der Waals surface area contributed by atoms with Gasteiger partial charge in [0.25, 0.3) is 0 Å². The van der Waals surface area contributed by atoms with Crippen LogP contribution in [0.25, 0.3) is 0 Å². The minimum Gasteiger partial charge on any atom is -0.369 e. The number of amides is 1. The summed E-state index contributed by atoms with van der Waals surface area (Å²) in [7, 11) is 0. The van der Waals surface area contributed by atoms with Gasteiger partial charge in [-0.25, -0.2) is 4.39 Å². The summed E-state index contributed by atoms with van der Waals surface area (Å²) >= 11 is 0. The molecule has 0 bridgehead atoms. The fraction of sp³-hybridized carbons (Fsp3) is 0.667. The predicted octanol–water partition coefficient (Wildman–Crippen LogP) is 2.46. The highest BCUT2D eigenvalue weighted by Crippen LogP contribution is 2.22. The van der Waals surface area contributed by atoms with Crippen LogP contribution in [-0.2, 0) is 4.79 Å². The number of rotatable bonds is 7. The first-order chi connectivity index (χ1) is 13.2. The molecule has 2 saturated heterocycles. The van der Waals surface area contributed by atoms with E-state index in [0.29, 0.717) is 24.9 Å². The van der Waals surface area contributed by atoms with Crippen LogP contribution in [0, 0.1) is 5.82 Å². The molecule has 2 N–H and O–H groups in total. The second-order valence-electron chi connectivity index (χ2n) is 7.73. The van der Waals surface area contributed by atoms with E-state index >= 15 is 0 Å². The fourth-order valence-corrected chi connectivity index (χ4v) is 4.23. The fourth-order valence-electron chi connectivity index (χ4n) is 4.23. The molecule has 1 aromatic rings. The lowest BCUT2D eigenvalue weighted by Gasteiger charge is -2.44. The number of unbranched alkanes of at least 4 members (excludes halogenated alkanes) is 2. The molecule has 27 heavy (non-hydrogen) atoms. The zero-order valence-electron chi connectivity index (χ0n) is 16.3. The van der Waals surface area contributed by atoms with Gasteiger partial charge in [0, 0.05) is 57.4 Å². The number of anilines is 1. The first-order valence-corrected chi connectivity index (χ1v) is 10.4. The molecule has 0 aliphatic carbocycles. The lowest BCUT2D eigenvalue weighted by Crippen LogP contribution is -2.55. The molecule has 2 fully saturated rings. The summed E-state index contributed by atoms with van der Waals surface area (Å²) in [6.45, 7) is 6.39. The molecule has 5 nitrogen and oxygen atoms in total. The Bertz CT molecular complexity index is 586. The molecule has 0 unspecified atom stereocenters. The van der Waals surface area contributed by atoms with Gasteiger partial charge in [-0.05, 0) is 56.5 Å². The van der Waals surface area contributed by atoms with Gasteiger partial charge in [0.15, 0.2) is 0 Å². The number of piperidine rings is 1. The largest absolute Gasteiger partial charge is 0.369 e. The summed E-state index contributed by atoms with van der Waals surface area (Å²) in [5, 5.41) is 0. The van der Waals surface area contributed by atoms with Gasteiger partial charge in [0.1, 0.15) is 5.82 Å². The molecular formula is C21H33FN4O. The Labute approximate surface area is 162 Å². The second kappa shape index (κ2) is 10.0. The summed E-state index contributed by atoms with van der Waals surface area (Å²) in [4.78, 5) is 19.4. The summed E-state index contributed by atoms with van der Waals surface area (Å²) < 4.78 is 13.1. The third kappa shape index (κ3) is 5.66. The number of benzene rings is 1. The van der Waals surface area contributed by atoms with Crippen molar-refractivity contribution in [2.75, 3.05) is 50.7 Å². The molecule has 6 heteroatoms. The molecule has 2 heterocycles. The lowest BCUT2D eigenvalue weighted by molar-refractivity contribution is -0.133. The summed E-state index contributed by atoms with van der Waals surface area (Å²) in [5.74, 6) is 0.119. The van der Waals surface area contributed by atoms with Crippen LogP contribution in [0.2, 0.25) is 0 Å². The van der Waals surface area contributed by atoms with Gasteiger partial charge < -0.3 is 15.5 Å². The first-order valence-electron chi connectivity index (χ1n) is 10.4. The zero-order chi connectivity index (χ0) is 19.1. The molecule has 1 amide bonds. The number of nitrogens with zero attached hydrogens (tertiary/aromatic N) is 3. The maximum Gasteiger partial charge on any atom is 0.222 e. The van der Waals surface area contributed by atoms with Crippen LogP contribution >= 0.6 is 0 Å². The molecule has 0 radical (unpaired) electrons. The standard InChI is InChI=1S/C21H33FN4O/c22-18-7-9-19(10-8-18)24-13-15-25(16-14-24)20-5-4-12-26(17-20)21(27)6-2-1-3-11-23/h7-10,20H,1-6,11-17,23H2/t20-/m0/s1. The van der Waals surface area contributed by atoms with E-state index < -0.39 is 0 Å². The van der Waals surface area contributed by atoms with Crippen molar-refractivity contribution in [3.05, 3.63) is 30.1 Å². The number of halogens is 1. The minimum atomic E-state index is -0.188. The van der Waals surface area contributed by atoms with Crippen LogP contribution < -0.4 is 10.6 Å². The van der Waals surface area contributed by atoms with Crippen molar-refractivity contribution in [1.29, 1.82) is 0 Å². The van der Waals surface area contributed by atoms with Crippen molar-refractivity contribution in [2.45, 2.75) is 44.6 Å². The van der Waals surface area contributed by atoms with E-state index in [-0.39, 0.29) is 5.82 Å². The predicted molar refractivity (Wildman–Crippen MR) is 107 cm³/mol. The molecule has 150 valence electrons. The molecular weight excluding hydrogens is 343 g/mol. The van der Waals surface area contributed by atoms with E-state index in [2.05, 4.69) is 14.7 Å². The van der Waals surface area contributed by atoms with Crippen LogP contribution in [0.5, 0.6) is 0 Å². The van der Waals surface area contributed by atoms with E-state index in [9.17, 15) is 9.18 Å². The molecule has 1 aromatic carbocycles. The van der Waals surface area contributed by atoms with E-state index in [4.69, 9.17) is 5.73 Å². The third-order valence-electron chi connectivity index (χ3n) is 5.87. The van der Waals surface area contributed by atoms with Crippen LogP contribution in [0.15, 0.2) is 24.3 Å². The van der Waals surface area contributed by atoms with Gasteiger partial charge in [0.05, 0.1) is 0 Å². The number of nitrogens with two attached hydrogens (primary N) is 1. The number of carbonyl (C=O) groups excluding carboxylic acids is 1. The average molecular weight is 377 g/mol. The van der Waals surface area contributed by atoms with E-state index in [1.165, 1.54) is 18.6 Å². The van der Waals surface area contributed by atoms with Crippen molar-refractivity contribution >= 4 is 11.6 Å². The maximum absolute atomic E-state index is 13.1. The van der Waals surface area contributed by atoms with Gasteiger partial charge in [-0.2, -0.15) is 0 Å². The summed E-state index contributed by atoms with van der Waals surface area (Å²) in [5.41, 5.74) is 6.61. The molecule has 1 atom stereocenters. The smallest absolute Gasteiger partial charge is 0.222 e. The van der Waals surface area contributed by atoms with E-state index in [1.54, 1.807) is 0 Å². The number of carbonyl (C=O) groups is 1. The van der Waals surface area contributed by atoms with E-state index in [1.807, 2.05) is 12.1 Å². The van der Waals surface area contributed by atoms with E-state index in [0.717, 1.165) is 70.6 Å². The Hall–Kier alpha value is -1.66. The number of likely N-dealkylation sites (tertiary alicyclic amines) is 1. The molecule has 0 aromatic heterocycles. The highest BCUT2D eigenvalue weighted by molar-refractivity contribution is 5.76. The topological polar surface area (TPSA) is 52.8 Å². The number of hydrogen-bond acceptors (Lipinski definition) is 4. The Morgan fingerprint density at radius 3 is 2.48 bits per heavy atom. The summed E-state index contributed by atoms with van der Waals surface area (Å²) in [6, 6.07) is 7.25. The van der Waals surface area contributed by atoms with Crippen LogP contribution in [0.3, 0.4) is 0 Å². The lowest BCUT2D eigenvalue weighted by atomic mass is 10.0. The van der Waals surface area contributed by atoms with Crippen molar-refractivity contribution in [3.8, 4) is 0 Å². The normalized spacial score (nSPS) is 21.5. The number of piperazine rings is 1. The quantitative estimate of drug-likeness (QED) is 0.743. The summed E-state index contributed by atoms with van der Waals surface area (Å²) in [6.07, 6.45) is 5.93. The first kappa shape index (κ1) is 20.1. The van der Waals surface area contributed by atoms with Gasteiger partial charge in [-0.3, -0.25) is 9.69 Å². The average Bonchev–Trinajstić information content (AvgIpc) is 2.72. The van der Waals surface area contributed by atoms with Crippen molar-refractivity contribution in [3.63, 3.8) is 0 Å². The van der Waals surface area contributed by atoms with Gasteiger partial charge >= 0.3 is 0 Å². The zero-order valence-corrected chi connectivity index (χ0v) is 16.3. The van der Waals surface area contributed by atoms with Gasteiger partial charge in [-0.15, -0.1) is 0 Å². The highest BCUT2D eigenvalue weighted by Gasteiger charge is 2.29. The van der Waals surface area contributed by atoms with Crippen LogP contribution in [0.1, 0.15) is 38.5 Å². The van der Waals surface area contributed by atoms with Crippen molar-refractivity contribution < 1.29 is 9.18 Å². The molecule has 2 aliphatic rings. The van der Waals surface area contributed by atoms with Crippen molar-refractivity contribution in [1.82, 2.24) is 9.80 Å². The second-order valence-corrected chi connectivity index (χ2v) is 7.73. The van der Waals surface area contributed by atoms with Gasteiger partial charge in [0.2, 0.25) is 5.91 Å². The van der Waals surface area contributed by atoms with Gasteiger partial charge in [-0.1, -0.05) is 6.42 Å². The Balaban J connectivity index is 1.45. The van der Waals surface area contributed by atoms with Crippen molar-refractivity contribution in [2.24, 2.45) is 5.73 Å².